The van der Waals surface area contributed by atoms with Crippen LogP contribution in [0.1, 0.15) is 34.8 Å². The number of carbonyl (C=O) groups excluding carboxylic acids is 1. The van der Waals surface area contributed by atoms with Crippen molar-refractivity contribution in [3.63, 3.8) is 0 Å². The van der Waals surface area contributed by atoms with E-state index < -0.39 is 0 Å². The summed E-state index contributed by atoms with van der Waals surface area (Å²) in [5.41, 5.74) is 1.88. The monoisotopic (exact) mass is 363 g/mol. The highest BCUT2D eigenvalue weighted by atomic mass is 16.5. The van der Waals surface area contributed by atoms with Gasteiger partial charge >= 0.3 is 0 Å². The minimum Gasteiger partial charge on any atom is -0.493 e. The fourth-order valence-electron chi connectivity index (χ4n) is 4.46. The number of nitrogens with zero attached hydrogens (tertiary/aromatic N) is 1. The third kappa shape index (κ3) is 3.23. The summed E-state index contributed by atoms with van der Waals surface area (Å²) >= 11 is 0. The van der Waals surface area contributed by atoms with Gasteiger partial charge in [-0.1, -0.05) is 36.4 Å². The van der Waals surface area contributed by atoms with Crippen LogP contribution in [0.5, 0.6) is 5.75 Å². The minimum atomic E-state index is 0.0668. The number of para-hydroxylation sites is 1. The third-order valence-electron chi connectivity index (χ3n) is 6.11. The molecule has 0 bridgehead atoms. The smallest absolute Gasteiger partial charge is 0.254 e. The SMILES string of the molecule is O=C(c1ccccc1)N1C[C@@H](COCC2CC2)[C@@H]2COc3ccccc3[C@@H]21. The van der Waals surface area contributed by atoms with Crippen molar-refractivity contribution in [1.82, 2.24) is 4.90 Å². The van der Waals surface area contributed by atoms with Gasteiger partial charge in [-0.3, -0.25) is 4.79 Å². The van der Waals surface area contributed by atoms with Crippen LogP contribution in [0.3, 0.4) is 0 Å². The van der Waals surface area contributed by atoms with Gasteiger partial charge in [0.15, 0.2) is 0 Å². The molecule has 4 nitrogen and oxygen atoms in total. The van der Waals surface area contributed by atoms with E-state index in [0.29, 0.717) is 19.1 Å². The number of fused-ring (bicyclic) bond motifs is 3. The van der Waals surface area contributed by atoms with Crippen molar-refractivity contribution in [2.24, 2.45) is 17.8 Å². The predicted molar refractivity (Wildman–Crippen MR) is 103 cm³/mol. The number of likely N-dealkylation sites (tertiary alicyclic amines) is 1. The van der Waals surface area contributed by atoms with Crippen molar-refractivity contribution >= 4 is 5.91 Å². The molecule has 0 unspecified atom stereocenters. The highest BCUT2D eigenvalue weighted by Crippen LogP contribution is 2.48. The first-order valence-corrected chi connectivity index (χ1v) is 9.97. The molecule has 2 aromatic rings. The summed E-state index contributed by atoms with van der Waals surface area (Å²) < 4.78 is 12.1. The summed E-state index contributed by atoms with van der Waals surface area (Å²) in [7, 11) is 0. The van der Waals surface area contributed by atoms with Gasteiger partial charge < -0.3 is 14.4 Å². The Morgan fingerprint density at radius 2 is 1.81 bits per heavy atom. The van der Waals surface area contributed by atoms with Crippen LogP contribution in [0.4, 0.5) is 0 Å². The van der Waals surface area contributed by atoms with Gasteiger partial charge in [0, 0.05) is 36.1 Å². The number of amides is 1. The molecule has 2 fully saturated rings. The zero-order chi connectivity index (χ0) is 18.2. The van der Waals surface area contributed by atoms with E-state index in [9.17, 15) is 4.79 Å². The Hall–Kier alpha value is -2.33. The first-order chi connectivity index (χ1) is 13.3. The molecule has 27 heavy (non-hydrogen) atoms. The van der Waals surface area contributed by atoms with Gasteiger partial charge in [-0.25, -0.2) is 0 Å². The zero-order valence-corrected chi connectivity index (χ0v) is 15.4. The lowest BCUT2D eigenvalue weighted by Crippen LogP contribution is -2.35. The standard InChI is InChI=1S/C23H25NO3/c25-23(17-6-2-1-3-7-17)24-12-18(14-26-13-16-10-11-16)20-15-27-21-9-5-4-8-19(21)22(20)24/h1-9,16,18,20,22H,10-15H2/t18-,20-,22-/m0/s1. The van der Waals surface area contributed by atoms with Gasteiger partial charge in [0.1, 0.15) is 5.75 Å². The Morgan fingerprint density at radius 1 is 1.04 bits per heavy atom. The van der Waals surface area contributed by atoms with E-state index in [1.54, 1.807) is 0 Å². The lowest BCUT2D eigenvalue weighted by molar-refractivity contribution is 0.0623. The fraction of sp³-hybridized carbons (Fsp3) is 0.435. The number of benzene rings is 2. The maximum Gasteiger partial charge on any atom is 0.254 e. The largest absolute Gasteiger partial charge is 0.493 e. The highest BCUT2D eigenvalue weighted by molar-refractivity contribution is 5.94. The van der Waals surface area contributed by atoms with Crippen molar-refractivity contribution < 1.29 is 14.3 Å². The number of hydrogen-bond acceptors (Lipinski definition) is 3. The first-order valence-electron chi connectivity index (χ1n) is 9.97. The van der Waals surface area contributed by atoms with Crippen molar-refractivity contribution in [1.29, 1.82) is 0 Å². The van der Waals surface area contributed by atoms with Crippen molar-refractivity contribution in [2.75, 3.05) is 26.4 Å². The Balaban J connectivity index is 1.43. The molecule has 1 amide bonds. The molecule has 1 saturated heterocycles. The van der Waals surface area contributed by atoms with Crippen LogP contribution in [-0.4, -0.2) is 37.2 Å². The summed E-state index contributed by atoms with van der Waals surface area (Å²) in [6, 6.07) is 17.8. The minimum absolute atomic E-state index is 0.0668. The predicted octanol–water partition coefficient (Wildman–Crippen LogP) is 3.94. The maximum atomic E-state index is 13.3. The van der Waals surface area contributed by atoms with Crippen LogP contribution >= 0.6 is 0 Å². The molecule has 1 aliphatic carbocycles. The molecule has 0 spiro atoms. The lowest BCUT2D eigenvalue weighted by Gasteiger charge is -2.34. The van der Waals surface area contributed by atoms with E-state index >= 15 is 0 Å². The number of rotatable bonds is 5. The summed E-state index contributed by atoms with van der Waals surface area (Å²) in [4.78, 5) is 15.3. The average molecular weight is 363 g/mol. The van der Waals surface area contributed by atoms with Crippen LogP contribution < -0.4 is 4.74 Å². The maximum absolute atomic E-state index is 13.3. The van der Waals surface area contributed by atoms with Crippen LogP contribution in [0.15, 0.2) is 54.6 Å². The van der Waals surface area contributed by atoms with Crippen molar-refractivity contribution in [3.8, 4) is 5.75 Å². The van der Waals surface area contributed by atoms with Gasteiger partial charge in [-0.15, -0.1) is 0 Å². The molecule has 3 atom stereocenters. The lowest BCUT2D eigenvalue weighted by atomic mass is 9.85. The zero-order valence-electron chi connectivity index (χ0n) is 15.4. The van der Waals surface area contributed by atoms with E-state index in [0.717, 1.165) is 35.9 Å². The normalized spacial score (nSPS) is 26.2. The molecular formula is C23H25NO3. The van der Waals surface area contributed by atoms with Gasteiger partial charge in [-0.2, -0.15) is 0 Å². The third-order valence-corrected chi connectivity index (χ3v) is 6.11. The second kappa shape index (κ2) is 7.01. The molecule has 4 heteroatoms. The molecule has 1 saturated carbocycles. The molecular weight excluding hydrogens is 338 g/mol. The molecule has 3 aliphatic rings. The molecule has 0 N–H and O–H groups in total. The Kier molecular flexibility index (Phi) is 4.36. The van der Waals surface area contributed by atoms with Crippen LogP contribution in [0.2, 0.25) is 0 Å². The quantitative estimate of drug-likeness (QED) is 0.808. The number of ether oxygens (including phenoxy) is 2. The van der Waals surface area contributed by atoms with Gasteiger partial charge in [0.05, 0.1) is 19.3 Å². The van der Waals surface area contributed by atoms with E-state index in [-0.39, 0.29) is 17.9 Å². The van der Waals surface area contributed by atoms with Gasteiger partial charge in [0.25, 0.3) is 5.91 Å². The molecule has 2 heterocycles. The van der Waals surface area contributed by atoms with E-state index in [2.05, 4.69) is 6.07 Å². The Morgan fingerprint density at radius 3 is 2.63 bits per heavy atom. The number of carbonyl (C=O) groups is 1. The molecule has 2 aliphatic heterocycles. The van der Waals surface area contributed by atoms with Gasteiger partial charge in [-0.05, 0) is 37.0 Å². The van der Waals surface area contributed by atoms with Crippen LogP contribution in [0.25, 0.3) is 0 Å². The summed E-state index contributed by atoms with van der Waals surface area (Å²) in [5.74, 6) is 2.37. The summed E-state index contributed by atoms with van der Waals surface area (Å²) in [5, 5.41) is 0. The molecule has 0 aromatic heterocycles. The average Bonchev–Trinajstić information content (AvgIpc) is 3.47. The topological polar surface area (TPSA) is 38.8 Å². The second-order valence-corrected chi connectivity index (χ2v) is 8.02. The molecule has 2 aromatic carbocycles. The molecule has 140 valence electrons. The van der Waals surface area contributed by atoms with E-state index in [1.807, 2.05) is 53.4 Å². The summed E-state index contributed by atoms with van der Waals surface area (Å²) in [6.07, 6.45) is 2.59. The molecule has 0 radical (unpaired) electrons. The van der Waals surface area contributed by atoms with Crippen LogP contribution in [-0.2, 0) is 4.74 Å². The second-order valence-electron chi connectivity index (χ2n) is 8.02. The van der Waals surface area contributed by atoms with Crippen LogP contribution in [0, 0.1) is 17.8 Å². The fourth-order valence-corrected chi connectivity index (χ4v) is 4.46. The van der Waals surface area contributed by atoms with E-state index in [4.69, 9.17) is 9.47 Å². The van der Waals surface area contributed by atoms with Gasteiger partial charge in [0.2, 0.25) is 0 Å². The molecule has 5 rings (SSSR count). The highest BCUT2D eigenvalue weighted by Gasteiger charge is 2.48. The van der Waals surface area contributed by atoms with Crippen molar-refractivity contribution in [3.05, 3.63) is 65.7 Å². The first kappa shape index (κ1) is 16.8. The number of hydrogen-bond donors (Lipinski definition) is 0. The Bertz CT molecular complexity index is 817. The Labute approximate surface area is 160 Å². The van der Waals surface area contributed by atoms with Crippen molar-refractivity contribution in [2.45, 2.75) is 18.9 Å². The van der Waals surface area contributed by atoms with E-state index in [1.165, 1.54) is 12.8 Å². The summed E-state index contributed by atoms with van der Waals surface area (Å²) in [6.45, 7) is 2.95.